The molecule has 140 valence electrons. The van der Waals surface area contributed by atoms with Crippen LogP contribution < -0.4 is 9.75 Å². The van der Waals surface area contributed by atoms with Crippen LogP contribution in [0, 0.1) is 10.1 Å². The van der Waals surface area contributed by atoms with E-state index in [0.29, 0.717) is 6.42 Å². The molecule has 0 bridgehead atoms. The number of hydrogen-bond acceptors (Lipinski definition) is 5. The van der Waals surface area contributed by atoms with E-state index in [0.717, 1.165) is 28.3 Å². The van der Waals surface area contributed by atoms with Crippen LogP contribution in [0.15, 0.2) is 84.0 Å². The number of nitro benzene ring substituents is 1. The summed E-state index contributed by atoms with van der Waals surface area (Å²) in [6.45, 7) is 0. The summed E-state index contributed by atoms with van der Waals surface area (Å²) in [4.78, 5) is 10.6. The van der Waals surface area contributed by atoms with Crippen molar-refractivity contribution in [2.75, 3.05) is 12.1 Å². The number of hydrazone groups is 1. The minimum absolute atomic E-state index is 0.0275. The standard InChI is InChI=1S/C22H19N3O3/c1-28-20-13-9-16(10-14-20)21-15-22(17-7-11-19(12-8-17)25(26)27)24(23-21)18-5-3-2-4-6-18/h2-14,22H,15H2,1H3/t22-/m0/s1. The Labute approximate surface area is 162 Å². The number of nitrogens with zero attached hydrogens (tertiary/aromatic N) is 3. The molecular formula is C22H19N3O3. The van der Waals surface area contributed by atoms with Gasteiger partial charge in [-0.3, -0.25) is 15.1 Å². The van der Waals surface area contributed by atoms with Crippen molar-refractivity contribution in [3.63, 3.8) is 0 Å². The van der Waals surface area contributed by atoms with Gasteiger partial charge in [0.05, 0.1) is 29.5 Å². The second kappa shape index (κ2) is 7.52. The normalized spacial score (nSPS) is 16.0. The molecule has 1 aliphatic heterocycles. The fourth-order valence-corrected chi connectivity index (χ4v) is 3.36. The quantitative estimate of drug-likeness (QED) is 0.468. The molecular weight excluding hydrogens is 354 g/mol. The van der Waals surface area contributed by atoms with Crippen molar-refractivity contribution in [2.45, 2.75) is 12.5 Å². The van der Waals surface area contributed by atoms with Crippen LogP contribution in [0.3, 0.4) is 0 Å². The van der Waals surface area contributed by atoms with Gasteiger partial charge in [-0.1, -0.05) is 30.3 Å². The van der Waals surface area contributed by atoms with Crippen LogP contribution in [0.1, 0.15) is 23.6 Å². The Morgan fingerprint density at radius 1 is 1.00 bits per heavy atom. The molecule has 0 unspecified atom stereocenters. The van der Waals surface area contributed by atoms with E-state index >= 15 is 0 Å². The van der Waals surface area contributed by atoms with Gasteiger partial charge in [0.1, 0.15) is 5.75 Å². The maximum Gasteiger partial charge on any atom is 0.269 e. The van der Waals surface area contributed by atoms with Crippen molar-refractivity contribution in [1.82, 2.24) is 0 Å². The Balaban J connectivity index is 1.70. The summed E-state index contributed by atoms with van der Waals surface area (Å²) in [5, 5.41) is 17.8. The highest BCUT2D eigenvalue weighted by Gasteiger charge is 2.30. The molecule has 1 heterocycles. The molecule has 0 amide bonds. The lowest BCUT2D eigenvalue weighted by Gasteiger charge is -2.23. The van der Waals surface area contributed by atoms with Crippen molar-refractivity contribution < 1.29 is 9.66 Å². The Morgan fingerprint density at radius 3 is 2.29 bits per heavy atom. The smallest absolute Gasteiger partial charge is 0.269 e. The van der Waals surface area contributed by atoms with E-state index in [9.17, 15) is 10.1 Å². The second-order valence-electron chi connectivity index (χ2n) is 6.52. The number of para-hydroxylation sites is 1. The number of nitro groups is 1. The zero-order valence-electron chi connectivity index (χ0n) is 15.4. The Hall–Kier alpha value is -3.67. The molecule has 0 aliphatic carbocycles. The zero-order valence-corrected chi connectivity index (χ0v) is 15.4. The lowest BCUT2D eigenvalue weighted by Crippen LogP contribution is -2.18. The van der Waals surface area contributed by atoms with E-state index in [2.05, 4.69) is 0 Å². The third-order valence-corrected chi connectivity index (χ3v) is 4.84. The molecule has 0 saturated carbocycles. The molecule has 0 spiro atoms. The molecule has 6 heteroatoms. The van der Waals surface area contributed by atoms with Gasteiger partial charge in [-0.15, -0.1) is 0 Å². The minimum Gasteiger partial charge on any atom is -0.497 e. The SMILES string of the molecule is COc1ccc(C2=NN(c3ccccc3)[C@H](c3ccc([N+](=O)[O-])cc3)C2)cc1. The first-order chi connectivity index (χ1) is 13.7. The monoisotopic (exact) mass is 373 g/mol. The first-order valence-corrected chi connectivity index (χ1v) is 8.96. The minimum atomic E-state index is -0.382. The highest BCUT2D eigenvalue weighted by molar-refractivity contribution is 6.03. The molecule has 0 fully saturated rings. The van der Waals surface area contributed by atoms with E-state index in [4.69, 9.17) is 9.84 Å². The van der Waals surface area contributed by atoms with Gasteiger partial charge in [0.15, 0.2) is 0 Å². The van der Waals surface area contributed by atoms with E-state index in [1.165, 1.54) is 0 Å². The summed E-state index contributed by atoms with van der Waals surface area (Å²) >= 11 is 0. The molecule has 0 aromatic heterocycles. The average molecular weight is 373 g/mol. The highest BCUT2D eigenvalue weighted by Crippen LogP contribution is 2.37. The van der Waals surface area contributed by atoms with Gasteiger partial charge in [-0.2, -0.15) is 5.10 Å². The summed E-state index contributed by atoms with van der Waals surface area (Å²) in [5.41, 5.74) is 4.06. The van der Waals surface area contributed by atoms with Crippen molar-refractivity contribution in [1.29, 1.82) is 0 Å². The van der Waals surface area contributed by atoms with Gasteiger partial charge in [0.2, 0.25) is 0 Å². The van der Waals surface area contributed by atoms with Gasteiger partial charge in [-0.25, -0.2) is 0 Å². The van der Waals surface area contributed by atoms with Crippen molar-refractivity contribution in [2.24, 2.45) is 5.10 Å². The van der Waals surface area contributed by atoms with E-state index in [-0.39, 0.29) is 16.7 Å². The fraction of sp³-hybridized carbons (Fsp3) is 0.136. The molecule has 3 aromatic rings. The third-order valence-electron chi connectivity index (χ3n) is 4.84. The molecule has 3 aromatic carbocycles. The zero-order chi connectivity index (χ0) is 19.5. The van der Waals surface area contributed by atoms with Crippen molar-refractivity contribution >= 4 is 17.1 Å². The van der Waals surface area contributed by atoms with Gasteiger partial charge in [0.25, 0.3) is 5.69 Å². The summed E-state index contributed by atoms with van der Waals surface area (Å²) in [5.74, 6) is 0.800. The Bertz CT molecular complexity index is 999. The number of rotatable bonds is 5. The third kappa shape index (κ3) is 3.44. The van der Waals surface area contributed by atoms with Gasteiger partial charge < -0.3 is 4.74 Å². The van der Waals surface area contributed by atoms with Crippen LogP contribution in [0.5, 0.6) is 5.75 Å². The van der Waals surface area contributed by atoms with Gasteiger partial charge >= 0.3 is 0 Å². The number of benzene rings is 3. The molecule has 0 saturated heterocycles. The molecule has 0 radical (unpaired) electrons. The average Bonchev–Trinajstić information content (AvgIpc) is 3.20. The summed E-state index contributed by atoms with van der Waals surface area (Å²) in [6, 6.07) is 24.5. The maximum atomic E-state index is 11.0. The number of non-ortho nitro benzene ring substituents is 1. The van der Waals surface area contributed by atoms with Crippen molar-refractivity contribution in [3.05, 3.63) is 100 Å². The van der Waals surface area contributed by atoms with E-state index in [1.807, 2.05) is 71.7 Å². The molecule has 1 aliphatic rings. The van der Waals surface area contributed by atoms with E-state index in [1.54, 1.807) is 19.2 Å². The van der Waals surface area contributed by atoms with Crippen LogP contribution in [0.4, 0.5) is 11.4 Å². The number of ether oxygens (including phenoxy) is 1. The van der Waals surface area contributed by atoms with E-state index < -0.39 is 0 Å². The molecule has 1 atom stereocenters. The van der Waals surface area contributed by atoms with Crippen LogP contribution in [0.25, 0.3) is 0 Å². The summed E-state index contributed by atoms with van der Waals surface area (Å²) in [6.07, 6.45) is 0.707. The predicted molar refractivity (Wildman–Crippen MR) is 109 cm³/mol. The first kappa shape index (κ1) is 17.7. The van der Waals surface area contributed by atoms with Crippen LogP contribution in [0.2, 0.25) is 0 Å². The number of hydrogen-bond donors (Lipinski definition) is 0. The van der Waals surface area contributed by atoms with Gasteiger partial charge in [0, 0.05) is 18.6 Å². The second-order valence-corrected chi connectivity index (χ2v) is 6.52. The summed E-state index contributed by atoms with van der Waals surface area (Å²) < 4.78 is 5.24. The van der Waals surface area contributed by atoms with Crippen molar-refractivity contribution in [3.8, 4) is 5.75 Å². The van der Waals surface area contributed by atoms with Crippen LogP contribution >= 0.6 is 0 Å². The highest BCUT2D eigenvalue weighted by atomic mass is 16.6. The number of anilines is 1. The first-order valence-electron chi connectivity index (χ1n) is 8.96. The Morgan fingerprint density at radius 2 is 1.68 bits per heavy atom. The molecule has 28 heavy (non-hydrogen) atoms. The predicted octanol–water partition coefficient (Wildman–Crippen LogP) is 4.96. The van der Waals surface area contributed by atoms with Crippen LogP contribution in [-0.2, 0) is 0 Å². The fourth-order valence-electron chi connectivity index (χ4n) is 3.36. The lowest BCUT2D eigenvalue weighted by atomic mass is 9.98. The largest absolute Gasteiger partial charge is 0.497 e. The molecule has 4 rings (SSSR count). The van der Waals surface area contributed by atoms with Crippen LogP contribution in [-0.4, -0.2) is 17.7 Å². The lowest BCUT2D eigenvalue weighted by molar-refractivity contribution is -0.384. The molecule has 6 nitrogen and oxygen atoms in total. The molecule has 0 N–H and O–H groups in total. The van der Waals surface area contributed by atoms with Gasteiger partial charge in [-0.05, 0) is 47.5 Å². The topological polar surface area (TPSA) is 68.0 Å². The summed E-state index contributed by atoms with van der Waals surface area (Å²) in [7, 11) is 1.64. The Kier molecular flexibility index (Phi) is 4.76. The number of methoxy groups -OCH3 is 1. The maximum absolute atomic E-state index is 11.0.